The Kier molecular flexibility index (Phi) is 4.25. The van der Waals surface area contributed by atoms with Gasteiger partial charge in [0.15, 0.2) is 0 Å². The van der Waals surface area contributed by atoms with Gasteiger partial charge in [-0.3, -0.25) is 4.98 Å². The number of benzene rings is 1. The Morgan fingerprint density at radius 3 is 2.24 bits per heavy atom. The van der Waals surface area contributed by atoms with E-state index in [0.717, 1.165) is 25.7 Å². The second-order valence-corrected chi connectivity index (χ2v) is 4.19. The Balaban J connectivity index is 1.71. The van der Waals surface area contributed by atoms with Crippen molar-refractivity contribution in [3.05, 3.63) is 65.7 Å². The molecule has 0 bridgehead atoms. The zero-order valence-electron chi connectivity index (χ0n) is 9.77. The Hall–Kier alpha value is -1.70. The third-order valence-electron chi connectivity index (χ3n) is 2.82. The number of aromatic nitrogens is 1. The summed E-state index contributed by atoms with van der Waals surface area (Å²) in [5.74, 6) is -0.163. The predicted octanol–water partition coefficient (Wildman–Crippen LogP) is 3.79. The van der Waals surface area contributed by atoms with Crippen LogP contribution in [0.1, 0.15) is 24.0 Å². The standard InChI is InChI=1S/C15H16FN/c16-15-9-7-13(8-10-15)4-1-2-5-14-6-3-11-17-12-14/h3,6-12H,1-2,4-5H2. The lowest BCUT2D eigenvalue weighted by Crippen LogP contribution is -1.90. The zero-order chi connectivity index (χ0) is 11.9. The first-order valence-electron chi connectivity index (χ1n) is 5.98. The van der Waals surface area contributed by atoms with Gasteiger partial charge in [-0.05, 0) is 55.0 Å². The molecule has 0 atom stereocenters. The summed E-state index contributed by atoms with van der Waals surface area (Å²) in [5.41, 5.74) is 2.49. The molecule has 0 aliphatic rings. The van der Waals surface area contributed by atoms with Crippen molar-refractivity contribution in [2.45, 2.75) is 25.7 Å². The number of aryl methyl sites for hydroxylation is 2. The molecular weight excluding hydrogens is 213 g/mol. The van der Waals surface area contributed by atoms with Gasteiger partial charge in [0.05, 0.1) is 0 Å². The molecule has 0 saturated heterocycles. The van der Waals surface area contributed by atoms with E-state index in [9.17, 15) is 4.39 Å². The van der Waals surface area contributed by atoms with Crippen molar-refractivity contribution in [2.75, 3.05) is 0 Å². The van der Waals surface area contributed by atoms with Crippen molar-refractivity contribution in [3.63, 3.8) is 0 Å². The summed E-state index contributed by atoms with van der Waals surface area (Å²) >= 11 is 0. The van der Waals surface area contributed by atoms with E-state index in [0.29, 0.717) is 0 Å². The molecule has 2 heteroatoms. The number of hydrogen-bond donors (Lipinski definition) is 0. The van der Waals surface area contributed by atoms with Gasteiger partial charge in [0, 0.05) is 12.4 Å². The van der Waals surface area contributed by atoms with Gasteiger partial charge in [-0.25, -0.2) is 4.39 Å². The van der Waals surface area contributed by atoms with Crippen LogP contribution in [0.3, 0.4) is 0 Å². The Morgan fingerprint density at radius 2 is 1.59 bits per heavy atom. The number of halogens is 1. The number of hydrogen-bond acceptors (Lipinski definition) is 1. The van der Waals surface area contributed by atoms with Gasteiger partial charge >= 0.3 is 0 Å². The van der Waals surface area contributed by atoms with Crippen LogP contribution in [0.4, 0.5) is 4.39 Å². The number of pyridine rings is 1. The number of rotatable bonds is 5. The summed E-state index contributed by atoms with van der Waals surface area (Å²) in [7, 11) is 0. The van der Waals surface area contributed by atoms with Crippen molar-refractivity contribution >= 4 is 0 Å². The topological polar surface area (TPSA) is 12.9 Å². The summed E-state index contributed by atoms with van der Waals surface area (Å²) in [6.07, 6.45) is 8.05. The molecule has 1 aromatic heterocycles. The van der Waals surface area contributed by atoms with Gasteiger partial charge in [0.25, 0.3) is 0 Å². The van der Waals surface area contributed by atoms with Crippen molar-refractivity contribution in [3.8, 4) is 0 Å². The fourth-order valence-corrected chi connectivity index (χ4v) is 1.86. The highest BCUT2D eigenvalue weighted by Crippen LogP contribution is 2.09. The van der Waals surface area contributed by atoms with Gasteiger partial charge in [0.2, 0.25) is 0 Å². The average Bonchev–Trinajstić information content (AvgIpc) is 2.38. The van der Waals surface area contributed by atoms with Gasteiger partial charge in [-0.2, -0.15) is 0 Å². The molecule has 0 aliphatic heterocycles. The van der Waals surface area contributed by atoms with Crippen LogP contribution in [0.25, 0.3) is 0 Å². The van der Waals surface area contributed by atoms with E-state index in [4.69, 9.17) is 0 Å². The van der Waals surface area contributed by atoms with Gasteiger partial charge in [-0.15, -0.1) is 0 Å². The maximum Gasteiger partial charge on any atom is 0.123 e. The molecule has 17 heavy (non-hydrogen) atoms. The molecule has 1 nitrogen and oxygen atoms in total. The molecule has 1 heterocycles. The highest BCUT2D eigenvalue weighted by atomic mass is 19.1. The first kappa shape index (κ1) is 11.8. The van der Waals surface area contributed by atoms with E-state index in [1.165, 1.54) is 23.3 Å². The van der Waals surface area contributed by atoms with Crippen LogP contribution >= 0.6 is 0 Å². The molecule has 0 amide bonds. The molecule has 0 spiro atoms. The Morgan fingerprint density at radius 1 is 0.882 bits per heavy atom. The van der Waals surface area contributed by atoms with Crippen molar-refractivity contribution in [1.82, 2.24) is 4.98 Å². The third-order valence-corrected chi connectivity index (χ3v) is 2.82. The highest BCUT2D eigenvalue weighted by Gasteiger charge is 1.96. The Bertz CT molecular complexity index is 436. The largest absolute Gasteiger partial charge is 0.264 e. The van der Waals surface area contributed by atoms with Crippen molar-refractivity contribution in [2.24, 2.45) is 0 Å². The molecule has 0 unspecified atom stereocenters. The SMILES string of the molecule is Fc1ccc(CCCCc2cccnc2)cc1. The van der Waals surface area contributed by atoms with Gasteiger partial charge in [-0.1, -0.05) is 18.2 Å². The van der Waals surface area contributed by atoms with Crippen molar-refractivity contribution in [1.29, 1.82) is 0 Å². The molecule has 0 aliphatic carbocycles. The second kappa shape index (κ2) is 6.14. The normalized spacial score (nSPS) is 10.4. The monoisotopic (exact) mass is 229 g/mol. The summed E-state index contributed by atoms with van der Waals surface area (Å²) in [6.45, 7) is 0. The Labute approximate surface area is 101 Å². The van der Waals surface area contributed by atoms with Crippen LogP contribution in [0.5, 0.6) is 0 Å². The highest BCUT2D eigenvalue weighted by molar-refractivity contribution is 5.16. The van der Waals surface area contributed by atoms with Crippen LogP contribution in [-0.4, -0.2) is 4.98 Å². The van der Waals surface area contributed by atoms with Crippen LogP contribution in [-0.2, 0) is 12.8 Å². The first-order chi connectivity index (χ1) is 8.34. The predicted molar refractivity (Wildman–Crippen MR) is 67.3 cm³/mol. The molecular formula is C15H16FN. The first-order valence-corrected chi connectivity index (χ1v) is 5.98. The summed E-state index contributed by atoms with van der Waals surface area (Å²) in [5, 5.41) is 0. The van der Waals surface area contributed by atoms with Crippen LogP contribution < -0.4 is 0 Å². The molecule has 0 saturated carbocycles. The van der Waals surface area contributed by atoms with E-state index >= 15 is 0 Å². The van der Waals surface area contributed by atoms with E-state index in [2.05, 4.69) is 11.1 Å². The summed E-state index contributed by atoms with van der Waals surface area (Å²) < 4.78 is 12.7. The second-order valence-electron chi connectivity index (χ2n) is 4.19. The van der Waals surface area contributed by atoms with E-state index in [1.54, 1.807) is 6.20 Å². The zero-order valence-corrected chi connectivity index (χ0v) is 9.77. The minimum atomic E-state index is -0.163. The van der Waals surface area contributed by atoms with Gasteiger partial charge < -0.3 is 0 Å². The molecule has 0 N–H and O–H groups in total. The average molecular weight is 229 g/mol. The minimum absolute atomic E-state index is 0.163. The molecule has 0 radical (unpaired) electrons. The van der Waals surface area contributed by atoms with E-state index in [1.807, 2.05) is 24.4 Å². The molecule has 1 aromatic carbocycles. The maximum absolute atomic E-state index is 12.7. The number of nitrogens with zero attached hydrogens (tertiary/aromatic N) is 1. The fraction of sp³-hybridized carbons (Fsp3) is 0.267. The number of unbranched alkanes of at least 4 members (excludes halogenated alkanes) is 1. The smallest absolute Gasteiger partial charge is 0.123 e. The van der Waals surface area contributed by atoms with Crippen molar-refractivity contribution < 1.29 is 4.39 Å². The van der Waals surface area contributed by atoms with E-state index in [-0.39, 0.29) is 5.82 Å². The molecule has 0 fully saturated rings. The van der Waals surface area contributed by atoms with E-state index < -0.39 is 0 Å². The maximum atomic E-state index is 12.7. The summed E-state index contributed by atoms with van der Waals surface area (Å²) in [6, 6.07) is 10.8. The van der Waals surface area contributed by atoms with Crippen LogP contribution in [0, 0.1) is 5.82 Å². The lowest BCUT2D eigenvalue weighted by molar-refractivity contribution is 0.626. The van der Waals surface area contributed by atoms with Crippen LogP contribution in [0.2, 0.25) is 0 Å². The molecule has 2 aromatic rings. The lowest BCUT2D eigenvalue weighted by Gasteiger charge is -2.02. The molecule has 2 rings (SSSR count). The lowest BCUT2D eigenvalue weighted by atomic mass is 10.0. The fourth-order valence-electron chi connectivity index (χ4n) is 1.86. The third kappa shape index (κ3) is 3.99. The summed E-state index contributed by atoms with van der Waals surface area (Å²) in [4.78, 5) is 4.09. The van der Waals surface area contributed by atoms with Crippen LogP contribution in [0.15, 0.2) is 48.8 Å². The molecule has 88 valence electrons. The quantitative estimate of drug-likeness (QED) is 0.711. The minimum Gasteiger partial charge on any atom is -0.264 e. The van der Waals surface area contributed by atoms with Gasteiger partial charge in [0.1, 0.15) is 5.82 Å².